The fourth-order valence-corrected chi connectivity index (χ4v) is 12.4. The summed E-state index contributed by atoms with van der Waals surface area (Å²) >= 11 is 11.0. The van der Waals surface area contributed by atoms with Gasteiger partial charge in [0.05, 0.1) is 24.8 Å². The minimum absolute atomic E-state index is 0. The first kappa shape index (κ1) is 57.2. The van der Waals surface area contributed by atoms with E-state index >= 15 is 0 Å². The number of nitrogens with zero attached hydrogens (tertiary/aromatic N) is 6. The molecule has 0 saturated heterocycles. The van der Waals surface area contributed by atoms with Gasteiger partial charge in [-0.2, -0.15) is 29.9 Å². The molecule has 1 atom stereocenters. The van der Waals surface area contributed by atoms with Gasteiger partial charge in [0.2, 0.25) is 23.8 Å². The van der Waals surface area contributed by atoms with Crippen LogP contribution < -0.4 is 53.5 Å². The molecule has 0 bridgehead atoms. The van der Waals surface area contributed by atoms with Gasteiger partial charge in [-0.1, -0.05) is 298 Å². The molecule has 1 unspecified atom stereocenters. The van der Waals surface area contributed by atoms with Crippen molar-refractivity contribution in [1.29, 1.82) is 0 Å². The topological polar surface area (TPSA) is 153 Å². The Labute approximate surface area is 469 Å². The van der Waals surface area contributed by atoms with Gasteiger partial charge < -0.3 is 21.6 Å². The van der Waals surface area contributed by atoms with Gasteiger partial charge >= 0.3 is 0 Å². The predicted molar refractivity (Wildman–Crippen MR) is 338 cm³/mol. The third-order valence-electron chi connectivity index (χ3n) is 10.4. The van der Waals surface area contributed by atoms with Crippen molar-refractivity contribution in [2.45, 2.75) is 7.43 Å². The minimum Gasteiger partial charge on any atom is -0.368 e. The summed E-state index contributed by atoms with van der Waals surface area (Å²) in [6.07, 6.45) is 0. The second kappa shape index (κ2) is 32.8. The number of nitrogens with two attached hydrogens (primary N) is 2. The van der Waals surface area contributed by atoms with Crippen LogP contribution in [0.5, 0.6) is 0 Å². The lowest BCUT2D eigenvalue weighted by Crippen LogP contribution is -2.20. The van der Waals surface area contributed by atoms with E-state index in [1.807, 2.05) is 148 Å². The second-order valence-corrected chi connectivity index (χ2v) is 22.1. The van der Waals surface area contributed by atoms with Gasteiger partial charge in [-0.05, 0) is 19.2 Å². The molecule has 0 aliphatic heterocycles. The van der Waals surface area contributed by atoms with Crippen LogP contribution in [0.1, 0.15) is 8.80 Å². The van der Waals surface area contributed by atoms with Crippen LogP contribution in [0.2, 0.25) is 0 Å². The molecule has 0 spiro atoms. The molecule has 16 heteroatoms. The van der Waals surface area contributed by atoms with E-state index in [0.717, 1.165) is 11.1 Å². The Hall–Kier alpha value is -7.50. The summed E-state index contributed by atoms with van der Waals surface area (Å²) in [7, 11) is -0.718. The molecule has 10 nitrogen and oxygen atoms in total. The molecule has 11 aromatic rings. The summed E-state index contributed by atoms with van der Waals surface area (Å²) in [5.74, 6) is 2.45. The van der Waals surface area contributed by atoms with Gasteiger partial charge in [-0.3, -0.25) is 0 Å². The third-order valence-corrected chi connectivity index (χ3v) is 17.2. The maximum atomic E-state index is 7.00. The average Bonchev–Trinajstić information content (AvgIpc) is 3.51. The Kier molecular flexibility index (Phi) is 24.4. The molecule has 11 rings (SSSR count). The molecule has 77 heavy (non-hydrogen) atoms. The lowest BCUT2D eigenvalue weighted by molar-refractivity contribution is 1.08. The minimum atomic E-state index is -0.954. The zero-order valence-corrected chi connectivity index (χ0v) is 46.3. The van der Waals surface area contributed by atoms with Gasteiger partial charge in [0.1, 0.15) is 0 Å². The molecule has 2 aromatic heterocycles. The molecular formula is C61H58Cl2N10P4. The summed E-state index contributed by atoms with van der Waals surface area (Å²) in [6.45, 7) is 0. The highest BCUT2D eigenvalue weighted by molar-refractivity contribution is 7.95. The number of anilines is 4. The summed E-state index contributed by atoms with van der Waals surface area (Å²) in [5, 5.41) is 14.5. The molecule has 0 fully saturated rings. The third kappa shape index (κ3) is 18.9. The highest BCUT2D eigenvalue weighted by Crippen LogP contribution is 2.39. The van der Waals surface area contributed by atoms with E-state index < -0.39 is 23.4 Å². The first-order chi connectivity index (χ1) is 37.9. The summed E-state index contributed by atoms with van der Waals surface area (Å²) < 4.78 is 7.00. The second-order valence-electron chi connectivity index (χ2n) is 15.7. The lowest BCUT2D eigenvalue weighted by atomic mass is 10.2. The number of aromatic nitrogens is 6. The standard InChI is InChI=1S/C33H27N5P2.C12H10ClP.C9H9N5.C6H6.CH4.ClH2P/c1-6-16-26(17-7-1)31-34-32(37-39(27-18-8-2-9-19-27)28-20-10-3-11-21-28)36-33(35-31)38-40(29-22-12-4-13-23-29)30-24-14-5-15-25-30;13-14(11-7-3-1-4-8-11)12-9-5-2-6-10-12;10-8-12-7(13-9(11)14-8)6-4-2-1-3-5-6;1-2-4-6-5-3-1;;1-2/h1-25H,(H2,34,35,36,37,38);1-10H;1-5H,(H4,10,11,12,13,14);1-6H;1H4;2H2/i;;;1D;;. The Bertz CT molecular complexity index is 3140. The molecule has 0 radical (unpaired) electrons. The Morgan fingerprint density at radius 3 is 0.870 bits per heavy atom. The first-order valence-corrected chi connectivity index (χ1v) is 30.3. The zero-order valence-electron chi connectivity index (χ0n) is 42.0. The number of halogens is 2. The Balaban J connectivity index is 0.000000209. The normalized spacial score (nSPS) is 10.3. The Morgan fingerprint density at radius 1 is 0.338 bits per heavy atom. The van der Waals surface area contributed by atoms with Crippen LogP contribution in [0, 0.1) is 0 Å². The van der Waals surface area contributed by atoms with Crippen molar-refractivity contribution in [3.05, 3.63) is 279 Å². The molecule has 0 amide bonds. The van der Waals surface area contributed by atoms with Gasteiger partial charge in [-0.15, -0.1) is 11.2 Å². The maximum Gasteiger partial charge on any atom is 0.231 e. The maximum absolute atomic E-state index is 7.00. The summed E-state index contributed by atoms with van der Waals surface area (Å²) in [5.41, 5.74) is 12.7. The van der Waals surface area contributed by atoms with Crippen molar-refractivity contribution >= 4 is 110 Å². The molecular weight excluding hydrogens is 1070 g/mol. The SMILES string of the molecule is C.ClP(c1ccccc1)c1ccccc1.Nc1nc(N)nc(-c2ccccc2)n1.PCl.[2H]c1ccccc1.c1ccc(-c2nc(NP(c3ccccc3)c3ccccc3)nc(NP(c3ccccc3)c3ccccc3)n2)cc1. The van der Waals surface area contributed by atoms with Crippen LogP contribution in [0.25, 0.3) is 22.8 Å². The fourth-order valence-electron chi connectivity index (χ4n) is 6.99. The van der Waals surface area contributed by atoms with E-state index in [-0.39, 0.29) is 19.3 Å². The van der Waals surface area contributed by atoms with Crippen molar-refractivity contribution in [2.75, 3.05) is 21.6 Å². The predicted octanol–water partition coefficient (Wildman–Crippen LogP) is 13.8. The van der Waals surface area contributed by atoms with Gasteiger partial charge in [0, 0.05) is 32.3 Å². The van der Waals surface area contributed by atoms with Crippen LogP contribution in [0.3, 0.4) is 0 Å². The van der Waals surface area contributed by atoms with Gasteiger partial charge in [0.15, 0.2) is 11.6 Å². The molecule has 2 heterocycles. The van der Waals surface area contributed by atoms with Crippen LogP contribution in [-0.4, -0.2) is 29.9 Å². The van der Waals surface area contributed by atoms with E-state index in [1.165, 1.54) is 31.8 Å². The first-order valence-electron chi connectivity index (χ1n) is 24.1. The molecule has 386 valence electrons. The van der Waals surface area contributed by atoms with Crippen molar-refractivity contribution in [3.8, 4) is 22.8 Å². The van der Waals surface area contributed by atoms with Crippen LogP contribution in [-0.2, 0) is 0 Å². The average molecular weight is 1130 g/mol. The zero-order chi connectivity index (χ0) is 53.9. The molecule has 9 aromatic carbocycles. The Morgan fingerprint density at radius 2 is 0.584 bits per heavy atom. The summed E-state index contributed by atoms with van der Waals surface area (Å²) in [4.78, 5) is 26.4. The highest BCUT2D eigenvalue weighted by Gasteiger charge is 2.20. The van der Waals surface area contributed by atoms with Crippen molar-refractivity contribution in [1.82, 2.24) is 29.9 Å². The lowest BCUT2D eigenvalue weighted by Gasteiger charge is -2.22. The van der Waals surface area contributed by atoms with E-state index in [0.29, 0.717) is 29.6 Å². The fraction of sp³-hybridized carbons (Fsp3) is 0.0164. The molecule has 6 N–H and O–H groups in total. The summed E-state index contributed by atoms with van der Waals surface area (Å²) in [6, 6.07) is 91.5. The number of nitrogen functional groups attached to an aromatic ring is 2. The number of nitrogens with one attached hydrogen (secondary N) is 2. The number of benzene rings is 9. The number of hydrogen-bond donors (Lipinski definition) is 4. The number of hydrogen-bond acceptors (Lipinski definition) is 10. The van der Waals surface area contributed by atoms with E-state index in [9.17, 15) is 0 Å². The largest absolute Gasteiger partial charge is 0.368 e. The molecule has 0 saturated carbocycles. The smallest absolute Gasteiger partial charge is 0.231 e. The van der Waals surface area contributed by atoms with Crippen LogP contribution in [0.15, 0.2) is 279 Å². The van der Waals surface area contributed by atoms with E-state index in [2.05, 4.69) is 158 Å². The van der Waals surface area contributed by atoms with Crippen molar-refractivity contribution in [3.63, 3.8) is 0 Å². The van der Waals surface area contributed by atoms with E-state index in [4.69, 9.17) is 39.0 Å². The quantitative estimate of drug-likeness (QED) is 0.0870. The van der Waals surface area contributed by atoms with Crippen LogP contribution >= 0.6 is 54.5 Å². The van der Waals surface area contributed by atoms with E-state index in [1.54, 1.807) is 12.1 Å². The molecule has 0 aliphatic rings. The number of rotatable bonds is 12. The molecule has 0 aliphatic carbocycles. The van der Waals surface area contributed by atoms with Crippen LogP contribution in [0.4, 0.5) is 23.8 Å². The van der Waals surface area contributed by atoms with Gasteiger partial charge in [0.25, 0.3) is 0 Å². The monoisotopic (exact) mass is 1130 g/mol. The van der Waals surface area contributed by atoms with Gasteiger partial charge in [-0.25, -0.2) is 0 Å². The highest BCUT2D eigenvalue weighted by atomic mass is 35.7. The van der Waals surface area contributed by atoms with Crippen molar-refractivity contribution < 1.29 is 1.37 Å². The van der Waals surface area contributed by atoms with Crippen molar-refractivity contribution in [2.24, 2.45) is 0 Å².